The normalized spacial score (nSPS) is 19.2. The molecule has 0 spiro atoms. The van der Waals surface area contributed by atoms with Gasteiger partial charge in [0.15, 0.2) is 0 Å². The molecule has 1 amide bonds. The van der Waals surface area contributed by atoms with Crippen molar-refractivity contribution < 1.29 is 18.7 Å². The number of nitrogens with zero attached hydrogens (tertiary/aromatic N) is 1. The highest BCUT2D eigenvalue weighted by atomic mass is 32.1. The van der Waals surface area contributed by atoms with Crippen LogP contribution >= 0.6 is 11.3 Å². The first-order valence-corrected chi connectivity index (χ1v) is 7.51. The van der Waals surface area contributed by atoms with Gasteiger partial charge in [-0.1, -0.05) is 6.92 Å². The Morgan fingerprint density at radius 2 is 2.30 bits per heavy atom. The number of carbonyl (C=O) groups is 1. The SMILES string of the molecule is CCC(NC(=O)C(F)(F)C1(O)CCC1)c1nc(C)cs1. The lowest BCUT2D eigenvalue weighted by atomic mass is 9.75. The molecule has 1 heterocycles. The van der Waals surface area contributed by atoms with Gasteiger partial charge in [0.1, 0.15) is 10.6 Å². The van der Waals surface area contributed by atoms with E-state index in [1.54, 1.807) is 13.8 Å². The van der Waals surface area contributed by atoms with Gasteiger partial charge >= 0.3 is 5.92 Å². The first-order chi connectivity index (χ1) is 9.30. The third-order valence-corrected chi connectivity index (χ3v) is 4.78. The Kier molecular flexibility index (Phi) is 4.11. The van der Waals surface area contributed by atoms with Crippen molar-refractivity contribution in [3.63, 3.8) is 0 Å². The molecule has 1 aliphatic rings. The van der Waals surface area contributed by atoms with Gasteiger partial charge in [-0.25, -0.2) is 4.98 Å². The first-order valence-electron chi connectivity index (χ1n) is 6.63. The molecule has 1 atom stereocenters. The van der Waals surface area contributed by atoms with Crippen LogP contribution < -0.4 is 5.32 Å². The number of aliphatic hydroxyl groups is 1. The van der Waals surface area contributed by atoms with E-state index in [4.69, 9.17) is 0 Å². The zero-order chi connectivity index (χ0) is 15.0. The fourth-order valence-corrected chi connectivity index (χ4v) is 3.09. The molecule has 20 heavy (non-hydrogen) atoms. The maximum Gasteiger partial charge on any atom is 0.352 e. The van der Waals surface area contributed by atoms with Gasteiger partial charge in [0.25, 0.3) is 5.91 Å². The molecule has 1 aliphatic carbocycles. The number of carbonyl (C=O) groups excluding carboxylic acids is 1. The monoisotopic (exact) mass is 304 g/mol. The number of rotatable bonds is 5. The van der Waals surface area contributed by atoms with E-state index in [0.717, 1.165) is 5.69 Å². The molecule has 1 unspecified atom stereocenters. The molecular formula is C13H18F2N2O2S. The standard InChI is InChI=1S/C13H18F2N2O2S/c1-3-9(10-16-8(2)7-20-10)17-11(18)13(14,15)12(19)5-4-6-12/h7,9,19H,3-6H2,1-2H3,(H,17,18). The van der Waals surface area contributed by atoms with Crippen LogP contribution in [0, 0.1) is 6.92 Å². The Bertz CT molecular complexity index is 500. The Hall–Kier alpha value is -1.08. The number of aryl methyl sites for hydroxylation is 1. The van der Waals surface area contributed by atoms with Crippen LogP contribution in [0.5, 0.6) is 0 Å². The summed E-state index contributed by atoms with van der Waals surface area (Å²) in [7, 11) is 0. The topological polar surface area (TPSA) is 62.2 Å². The smallest absolute Gasteiger partial charge is 0.352 e. The Morgan fingerprint density at radius 3 is 2.70 bits per heavy atom. The molecule has 1 aromatic rings. The molecular weight excluding hydrogens is 286 g/mol. The summed E-state index contributed by atoms with van der Waals surface area (Å²) in [5.41, 5.74) is -1.39. The van der Waals surface area contributed by atoms with Gasteiger partial charge in [-0.15, -0.1) is 11.3 Å². The summed E-state index contributed by atoms with van der Waals surface area (Å²) in [4.78, 5) is 16.0. The Morgan fingerprint density at radius 1 is 1.65 bits per heavy atom. The maximum atomic E-state index is 14.0. The molecule has 0 radical (unpaired) electrons. The molecule has 1 aromatic heterocycles. The molecule has 4 nitrogen and oxygen atoms in total. The molecule has 2 N–H and O–H groups in total. The summed E-state index contributed by atoms with van der Waals surface area (Å²) in [6.07, 6.45) is 0.899. The predicted octanol–water partition coefficient (Wildman–Crippen LogP) is 2.57. The third kappa shape index (κ3) is 2.56. The van der Waals surface area contributed by atoms with Crippen molar-refractivity contribution in [3.05, 3.63) is 16.1 Å². The summed E-state index contributed by atoms with van der Waals surface area (Å²) in [6, 6.07) is -0.546. The predicted molar refractivity (Wildman–Crippen MR) is 71.8 cm³/mol. The summed E-state index contributed by atoms with van der Waals surface area (Å²) >= 11 is 1.33. The third-order valence-electron chi connectivity index (χ3n) is 3.70. The van der Waals surface area contributed by atoms with Crippen molar-refractivity contribution >= 4 is 17.2 Å². The summed E-state index contributed by atoms with van der Waals surface area (Å²) in [5.74, 6) is -5.18. The number of hydrogen-bond donors (Lipinski definition) is 2. The maximum absolute atomic E-state index is 14.0. The number of alkyl halides is 2. The van der Waals surface area contributed by atoms with E-state index in [0.29, 0.717) is 17.8 Å². The molecule has 1 fully saturated rings. The molecule has 0 bridgehead atoms. The van der Waals surface area contributed by atoms with Gasteiger partial charge in [-0.3, -0.25) is 4.79 Å². The van der Waals surface area contributed by atoms with Crippen LogP contribution in [0.25, 0.3) is 0 Å². The van der Waals surface area contributed by atoms with Gasteiger partial charge in [0, 0.05) is 11.1 Å². The van der Waals surface area contributed by atoms with Gasteiger partial charge in [-0.2, -0.15) is 8.78 Å². The van der Waals surface area contributed by atoms with Crippen LogP contribution in [0.3, 0.4) is 0 Å². The van der Waals surface area contributed by atoms with Crippen LogP contribution in [0.2, 0.25) is 0 Å². The molecule has 0 saturated heterocycles. The Labute approximate surface area is 120 Å². The van der Waals surface area contributed by atoms with Crippen LogP contribution in [-0.4, -0.2) is 27.5 Å². The largest absolute Gasteiger partial charge is 0.383 e. The highest BCUT2D eigenvalue weighted by Gasteiger charge is 2.61. The average Bonchev–Trinajstić information content (AvgIpc) is 2.78. The van der Waals surface area contributed by atoms with Gasteiger partial charge in [0.05, 0.1) is 6.04 Å². The van der Waals surface area contributed by atoms with Crippen molar-refractivity contribution in [1.29, 1.82) is 0 Å². The number of halogens is 2. The lowest BCUT2D eigenvalue weighted by Gasteiger charge is -2.41. The minimum Gasteiger partial charge on any atom is -0.383 e. The van der Waals surface area contributed by atoms with Crippen molar-refractivity contribution in [3.8, 4) is 0 Å². The first kappa shape index (κ1) is 15.3. The minimum atomic E-state index is -3.76. The zero-order valence-corrected chi connectivity index (χ0v) is 12.3. The molecule has 1 saturated carbocycles. The van der Waals surface area contributed by atoms with Gasteiger partial charge < -0.3 is 10.4 Å². The zero-order valence-electron chi connectivity index (χ0n) is 11.4. The van der Waals surface area contributed by atoms with E-state index in [1.807, 2.05) is 5.38 Å². The number of nitrogens with one attached hydrogen (secondary N) is 1. The van der Waals surface area contributed by atoms with Crippen LogP contribution in [-0.2, 0) is 4.79 Å². The number of amides is 1. The van der Waals surface area contributed by atoms with Crippen LogP contribution in [0.4, 0.5) is 8.78 Å². The highest BCUT2D eigenvalue weighted by molar-refractivity contribution is 7.09. The molecule has 0 aliphatic heterocycles. The molecule has 7 heteroatoms. The second-order valence-electron chi connectivity index (χ2n) is 5.22. The number of thiazole rings is 1. The van der Waals surface area contributed by atoms with E-state index < -0.39 is 23.5 Å². The Balaban J connectivity index is 2.09. The molecule has 0 aromatic carbocycles. The van der Waals surface area contributed by atoms with Crippen molar-refractivity contribution in [1.82, 2.24) is 10.3 Å². The van der Waals surface area contributed by atoms with Crippen molar-refractivity contribution in [2.75, 3.05) is 0 Å². The number of aromatic nitrogens is 1. The van der Waals surface area contributed by atoms with Crippen LogP contribution in [0.1, 0.15) is 49.4 Å². The summed E-state index contributed by atoms with van der Waals surface area (Å²) in [6.45, 7) is 3.60. The van der Waals surface area contributed by atoms with E-state index >= 15 is 0 Å². The quantitative estimate of drug-likeness (QED) is 0.879. The van der Waals surface area contributed by atoms with Gasteiger partial charge in [0.2, 0.25) is 0 Å². The molecule has 2 rings (SSSR count). The second-order valence-corrected chi connectivity index (χ2v) is 6.11. The van der Waals surface area contributed by atoms with Gasteiger partial charge in [-0.05, 0) is 32.6 Å². The van der Waals surface area contributed by atoms with E-state index in [9.17, 15) is 18.7 Å². The van der Waals surface area contributed by atoms with E-state index in [2.05, 4.69) is 10.3 Å². The fraction of sp³-hybridized carbons (Fsp3) is 0.692. The highest BCUT2D eigenvalue weighted by Crippen LogP contribution is 2.44. The van der Waals surface area contributed by atoms with Crippen molar-refractivity contribution in [2.24, 2.45) is 0 Å². The van der Waals surface area contributed by atoms with Crippen LogP contribution in [0.15, 0.2) is 5.38 Å². The van der Waals surface area contributed by atoms with Crippen molar-refractivity contribution in [2.45, 2.75) is 57.1 Å². The summed E-state index contributed by atoms with van der Waals surface area (Å²) in [5, 5.41) is 14.5. The summed E-state index contributed by atoms with van der Waals surface area (Å²) < 4.78 is 28.0. The van der Waals surface area contributed by atoms with E-state index in [-0.39, 0.29) is 12.8 Å². The fourth-order valence-electron chi connectivity index (χ4n) is 2.16. The van der Waals surface area contributed by atoms with E-state index in [1.165, 1.54) is 11.3 Å². The lowest BCUT2D eigenvalue weighted by molar-refractivity contribution is -0.216. The average molecular weight is 304 g/mol. The number of hydrogen-bond acceptors (Lipinski definition) is 4. The second kappa shape index (κ2) is 5.37. The lowest BCUT2D eigenvalue weighted by Crippen LogP contribution is -2.60. The molecule has 112 valence electrons. The minimum absolute atomic E-state index is 0.0411.